The molecule has 114 valence electrons. The molecule has 0 atom stereocenters. The summed E-state index contributed by atoms with van der Waals surface area (Å²) in [6, 6.07) is 4.82. The molecule has 1 amide bonds. The van der Waals surface area contributed by atoms with E-state index in [2.05, 4.69) is 10.8 Å². The van der Waals surface area contributed by atoms with Gasteiger partial charge in [-0.15, -0.1) is 0 Å². The Morgan fingerprint density at radius 1 is 1.36 bits per heavy atom. The fourth-order valence-electron chi connectivity index (χ4n) is 2.05. The summed E-state index contributed by atoms with van der Waals surface area (Å²) in [6.45, 7) is 0. The van der Waals surface area contributed by atoms with Crippen LogP contribution in [0.2, 0.25) is 5.02 Å². The number of nitrogens with zero attached hydrogens (tertiary/aromatic N) is 1. The summed E-state index contributed by atoms with van der Waals surface area (Å²) in [5.74, 6) is 0.0725. The van der Waals surface area contributed by atoms with Crippen LogP contribution >= 0.6 is 23.2 Å². The SMILES string of the molecule is COc1ccc(Cl)cc1C(=O)NC1=CC=C(Cl)N2ONC=C12. The van der Waals surface area contributed by atoms with Crippen molar-refractivity contribution in [1.29, 1.82) is 0 Å². The number of ether oxygens (including phenoxy) is 1. The van der Waals surface area contributed by atoms with Gasteiger partial charge in [0, 0.05) is 5.02 Å². The van der Waals surface area contributed by atoms with Gasteiger partial charge in [-0.05, 0) is 30.4 Å². The molecule has 2 N–H and O–H groups in total. The van der Waals surface area contributed by atoms with E-state index < -0.39 is 0 Å². The van der Waals surface area contributed by atoms with Crippen LogP contribution in [-0.2, 0) is 4.94 Å². The molecule has 2 heterocycles. The molecule has 1 aromatic rings. The number of fused-ring (bicyclic) bond motifs is 1. The van der Waals surface area contributed by atoms with Gasteiger partial charge in [0.25, 0.3) is 5.91 Å². The Morgan fingerprint density at radius 3 is 2.95 bits per heavy atom. The first-order chi connectivity index (χ1) is 10.6. The van der Waals surface area contributed by atoms with E-state index in [-0.39, 0.29) is 5.91 Å². The summed E-state index contributed by atoms with van der Waals surface area (Å²) in [7, 11) is 1.49. The smallest absolute Gasteiger partial charge is 0.259 e. The number of carbonyl (C=O) groups is 1. The number of hydroxylamine groups is 3. The number of amides is 1. The zero-order valence-corrected chi connectivity index (χ0v) is 12.9. The predicted molar refractivity (Wildman–Crippen MR) is 81.6 cm³/mol. The first-order valence-corrected chi connectivity index (χ1v) is 7.01. The van der Waals surface area contributed by atoms with Crippen molar-refractivity contribution in [1.82, 2.24) is 15.9 Å². The molecule has 0 bridgehead atoms. The molecular weight excluding hydrogens is 329 g/mol. The molecule has 0 spiro atoms. The molecule has 0 saturated carbocycles. The van der Waals surface area contributed by atoms with Gasteiger partial charge in [-0.25, -0.2) is 5.48 Å². The van der Waals surface area contributed by atoms with Crippen molar-refractivity contribution in [3.05, 3.63) is 63.7 Å². The Hall–Kier alpha value is -2.15. The number of allylic oxidation sites excluding steroid dienone is 2. The van der Waals surface area contributed by atoms with Crippen molar-refractivity contribution in [3.8, 4) is 5.75 Å². The van der Waals surface area contributed by atoms with Crippen molar-refractivity contribution in [2.75, 3.05) is 7.11 Å². The van der Waals surface area contributed by atoms with Crippen molar-refractivity contribution in [2.45, 2.75) is 0 Å². The standard InChI is InChI=1S/C14H11Cl2N3O3/c1-21-12-4-2-8(15)6-9(12)14(20)18-10-3-5-13(16)19-11(10)7-17-22-19/h2-7,17H,1H3,(H,18,20). The van der Waals surface area contributed by atoms with E-state index in [0.29, 0.717) is 32.9 Å². The second-order valence-corrected chi connectivity index (χ2v) is 5.23. The van der Waals surface area contributed by atoms with E-state index in [4.69, 9.17) is 32.9 Å². The molecule has 1 aromatic carbocycles. The predicted octanol–water partition coefficient (Wildman–Crippen LogP) is 2.65. The molecule has 8 heteroatoms. The maximum Gasteiger partial charge on any atom is 0.259 e. The van der Waals surface area contributed by atoms with Gasteiger partial charge < -0.3 is 10.1 Å². The van der Waals surface area contributed by atoms with Crippen LogP contribution in [0.25, 0.3) is 0 Å². The molecular formula is C14H11Cl2N3O3. The Kier molecular flexibility index (Phi) is 3.98. The number of hydrogen-bond acceptors (Lipinski definition) is 5. The molecule has 0 saturated heterocycles. The van der Waals surface area contributed by atoms with Crippen LogP contribution in [0.4, 0.5) is 0 Å². The van der Waals surface area contributed by atoms with Crippen LogP contribution in [0.3, 0.4) is 0 Å². The van der Waals surface area contributed by atoms with E-state index in [1.165, 1.54) is 18.2 Å². The molecule has 6 nitrogen and oxygen atoms in total. The summed E-state index contributed by atoms with van der Waals surface area (Å²) >= 11 is 11.9. The lowest BCUT2D eigenvalue weighted by Crippen LogP contribution is -2.30. The summed E-state index contributed by atoms with van der Waals surface area (Å²) in [4.78, 5) is 17.6. The third-order valence-electron chi connectivity index (χ3n) is 3.07. The van der Waals surface area contributed by atoms with Crippen LogP contribution in [0.1, 0.15) is 10.4 Å². The van der Waals surface area contributed by atoms with E-state index >= 15 is 0 Å². The second kappa shape index (κ2) is 5.92. The van der Waals surface area contributed by atoms with Crippen LogP contribution < -0.4 is 15.5 Å². The Bertz CT molecular complexity index is 728. The number of nitrogens with one attached hydrogen (secondary N) is 2. The van der Waals surface area contributed by atoms with Gasteiger partial charge in [-0.1, -0.05) is 23.2 Å². The first kappa shape index (κ1) is 14.8. The van der Waals surface area contributed by atoms with Gasteiger partial charge in [0.2, 0.25) is 0 Å². The van der Waals surface area contributed by atoms with Crippen molar-refractivity contribution >= 4 is 29.1 Å². The first-order valence-electron chi connectivity index (χ1n) is 6.25. The summed E-state index contributed by atoms with van der Waals surface area (Å²) in [5.41, 5.74) is 4.01. The topological polar surface area (TPSA) is 62.8 Å². The fraction of sp³-hybridized carbons (Fsp3) is 0.0714. The van der Waals surface area contributed by atoms with E-state index in [1.54, 1.807) is 30.5 Å². The molecule has 0 unspecified atom stereocenters. The summed E-state index contributed by atoms with van der Waals surface area (Å²) < 4.78 is 5.18. The van der Waals surface area contributed by atoms with Crippen LogP contribution in [-0.4, -0.2) is 18.1 Å². The van der Waals surface area contributed by atoms with E-state index in [9.17, 15) is 4.79 Å². The van der Waals surface area contributed by atoms with Gasteiger partial charge in [0.15, 0.2) is 0 Å². The van der Waals surface area contributed by atoms with Gasteiger partial charge in [-0.2, -0.15) is 10.0 Å². The monoisotopic (exact) mass is 339 g/mol. The average molecular weight is 340 g/mol. The summed E-state index contributed by atoms with van der Waals surface area (Å²) in [5, 5.41) is 4.95. The fourth-order valence-corrected chi connectivity index (χ4v) is 2.41. The Morgan fingerprint density at radius 2 is 2.18 bits per heavy atom. The minimum Gasteiger partial charge on any atom is -0.496 e. The Labute approximate surface area is 136 Å². The highest BCUT2D eigenvalue weighted by Crippen LogP contribution is 2.29. The molecule has 0 aromatic heterocycles. The third-order valence-corrected chi connectivity index (χ3v) is 3.58. The van der Waals surface area contributed by atoms with Gasteiger partial charge in [0.1, 0.15) is 16.6 Å². The zero-order chi connectivity index (χ0) is 15.7. The van der Waals surface area contributed by atoms with Crippen molar-refractivity contribution in [3.63, 3.8) is 0 Å². The maximum atomic E-state index is 12.5. The lowest BCUT2D eigenvalue weighted by molar-refractivity contribution is -0.117. The number of carbonyl (C=O) groups excluding carboxylic acids is 1. The quantitative estimate of drug-likeness (QED) is 0.829. The minimum absolute atomic E-state index is 0.329. The zero-order valence-electron chi connectivity index (χ0n) is 11.4. The van der Waals surface area contributed by atoms with E-state index in [1.807, 2.05) is 0 Å². The number of methoxy groups -OCH3 is 1. The van der Waals surface area contributed by atoms with Crippen LogP contribution in [0.15, 0.2) is 53.1 Å². The summed E-state index contributed by atoms with van der Waals surface area (Å²) in [6.07, 6.45) is 4.86. The highest BCUT2D eigenvalue weighted by molar-refractivity contribution is 6.31. The highest BCUT2D eigenvalue weighted by Gasteiger charge is 2.27. The van der Waals surface area contributed by atoms with Crippen molar-refractivity contribution < 1.29 is 14.5 Å². The largest absolute Gasteiger partial charge is 0.496 e. The van der Waals surface area contributed by atoms with Gasteiger partial charge in [-0.3, -0.25) is 4.79 Å². The molecule has 2 aliphatic rings. The van der Waals surface area contributed by atoms with Gasteiger partial charge >= 0.3 is 0 Å². The number of hydrogen-bond donors (Lipinski definition) is 2. The van der Waals surface area contributed by atoms with Crippen molar-refractivity contribution in [2.24, 2.45) is 0 Å². The number of benzene rings is 1. The molecule has 3 rings (SSSR count). The number of halogens is 2. The molecule has 0 radical (unpaired) electrons. The molecule has 0 aliphatic carbocycles. The average Bonchev–Trinajstić information content (AvgIpc) is 3.00. The van der Waals surface area contributed by atoms with E-state index in [0.717, 1.165) is 0 Å². The normalized spacial score (nSPS) is 16.1. The molecule has 22 heavy (non-hydrogen) atoms. The number of rotatable bonds is 3. The molecule has 2 aliphatic heterocycles. The highest BCUT2D eigenvalue weighted by atomic mass is 35.5. The lowest BCUT2D eigenvalue weighted by Gasteiger charge is -2.23. The third kappa shape index (κ3) is 2.64. The Balaban J connectivity index is 1.87. The van der Waals surface area contributed by atoms with Crippen LogP contribution in [0, 0.1) is 0 Å². The van der Waals surface area contributed by atoms with Gasteiger partial charge in [0.05, 0.1) is 24.6 Å². The maximum absolute atomic E-state index is 12.5. The second-order valence-electron chi connectivity index (χ2n) is 4.40. The van der Waals surface area contributed by atoms with Crippen LogP contribution in [0.5, 0.6) is 5.75 Å². The lowest BCUT2D eigenvalue weighted by atomic mass is 10.1. The minimum atomic E-state index is -0.357. The molecule has 0 fully saturated rings.